The number of aromatic nitrogens is 1. The average molecular weight is 306 g/mol. The minimum atomic E-state index is -0.530. The Balaban J connectivity index is 1.78. The van der Waals surface area contributed by atoms with Gasteiger partial charge in [0, 0.05) is 30.0 Å². The third-order valence-corrected chi connectivity index (χ3v) is 4.45. The lowest BCUT2D eigenvalue weighted by Gasteiger charge is -2.44. The first kappa shape index (κ1) is 15.4. The molecule has 2 aliphatic rings. The lowest BCUT2D eigenvalue weighted by Crippen LogP contribution is -2.48. The van der Waals surface area contributed by atoms with E-state index in [1.54, 1.807) is 6.07 Å². The average Bonchev–Trinajstić information content (AvgIpc) is 2.46. The van der Waals surface area contributed by atoms with Crippen molar-refractivity contribution in [2.45, 2.75) is 51.7 Å². The number of ether oxygens (including phenoxy) is 2. The van der Waals surface area contributed by atoms with Crippen molar-refractivity contribution in [3.05, 3.63) is 33.6 Å². The summed E-state index contributed by atoms with van der Waals surface area (Å²) in [5.41, 5.74) is 2.02. The highest BCUT2D eigenvalue weighted by Crippen LogP contribution is 2.37. The van der Waals surface area contributed by atoms with Crippen molar-refractivity contribution < 1.29 is 14.4 Å². The van der Waals surface area contributed by atoms with Crippen LogP contribution in [0.3, 0.4) is 0 Å². The van der Waals surface area contributed by atoms with Gasteiger partial charge < -0.3 is 9.47 Å². The molecule has 0 amide bonds. The molecule has 1 aromatic rings. The molecule has 0 bridgehead atoms. The van der Waals surface area contributed by atoms with Crippen LogP contribution >= 0.6 is 0 Å². The smallest absolute Gasteiger partial charge is 0.287 e. The molecule has 2 heterocycles. The van der Waals surface area contributed by atoms with Crippen molar-refractivity contribution in [3.8, 4) is 0 Å². The summed E-state index contributed by atoms with van der Waals surface area (Å²) in [6.45, 7) is 5.64. The second-order valence-corrected chi connectivity index (χ2v) is 7.06. The molecule has 0 unspecified atom stereocenters. The molecule has 1 spiro atoms. The molecule has 120 valence electrons. The Labute approximate surface area is 130 Å². The summed E-state index contributed by atoms with van der Waals surface area (Å²) < 4.78 is 12.1. The molecule has 0 radical (unpaired) electrons. The minimum Gasteiger partial charge on any atom is -0.349 e. The largest absolute Gasteiger partial charge is 0.349 e. The molecule has 1 aromatic heterocycles. The van der Waals surface area contributed by atoms with Crippen molar-refractivity contribution in [1.82, 2.24) is 4.98 Å². The van der Waals surface area contributed by atoms with Gasteiger partial charge in [-0.2, -0.15) is 0 Å². The van der Waals surface area contributed by atoms with Crippen molar-refractivity contribution in [1.29, 1.82) is 0 Å². The Morgan fingerprint density at radius 3 is 2.64 bits per heavy atom. The van der Waals surface area contributed by atoms with E-state index in [1.807, 2.05) is 0 Å². The molecule has 1 fully saturated rings. The molecular weight excluding hydrogens is 284 g/mol. The van der Waals surface area contributed by atoms with E-state index in [4.69, 9.17) is 9.47 Å². The second kappa shape index (κ2) is 5.59. The first-order valence-electron chi connectivity index (χ1n) is 7.79. The van der Waals surface area contributed by atoms with Crippen LogP contribution in [0.25, 0.3) is 0 Å². The van der Waals surface area contributed by atoms with Gasteiger partial charge in [-0.25, -0.2) is 0 Å². The Bertz CT molecular complexity index is 576. The summed E-state index contributed by atoms with van der Waals surface area (Å²) in [4.78, 5) is 14.8. The van der Waals surface area contributed by atoms with Crippen molar-refractivity contribution in [3.63, 3.8) is 0 Å². The third-order valence-electron chi connectivity index (χ3n) is 4.45. The third kappa shape index (κ3) is 3.13. The predicted octanol–water partition coefficient (Wildman–Crippen LogP) is 3.03. The lowest BCUT2D eigenvalue weighted by molar-refractivity contribution is -0.385. The van der Waals surface area contributed by atoms with Gasteiger partial charge in [-0.05, 0) is 24.8 Å². The van der Waals surface area contributed by atoms with E-state index in [9.17, 15) is 10.1 Å². The molecule has 6 heteroatoms. The molecular formula is C16H22N2O4. The SMILES string of the molecule is CC1(C)COC2(CCCc3ncc([N+](=O)[O-])cc3CC2)OC1. The van der Waals surface area contributed by atoms with Gasteiger partial charge in [0.25, 0.3) is 5.69 Å². The van der Waals surface area contributed by atoms with Crippen LogP contribution in [0.4, 0.5) is 5.69 Å². The van der Waals surface area contributed by atoms with Crippen LogP contribution in [0.15, 0.2) is 12.3 Å². The first-order valence-corrected chi connectivity index (χ1v) is 7.79. The van der Waals surface area contributed by atoms with Gasteiger partial charge in [-0.1, -0.05) is 13.8 Å². The maximum atomic E-state index is 10.9. The summed E-state index contributed by atoms with van der Waals surface area (Å²) in [7, 11) is 0. The number of rotatable bonds is 1. The predicted molar refractivity (Wildman–Crippen MR) is 80.6 cm³/mol. The topological polar surface area (TPSA) is 74.5 Å². The zero-order valence-electron chi connectivity index (χ0n) is 13.1. The molecule has 0 N–H and O–H groups in total. The first-order chi connectivity index (χ1) is 10.4. The molecule has 1 saturated heterocycles. The quantitative estimate of drug-likeness (QED) is 0.589. The van der Waals surface area contributed by atoms with Crippen LogP contribution in [0.5, 0.6) is 0 Å². The number of hydrogen-bond acceptors (Lipinski definition) is 5. The number of pyridine rings is 1. The van der Waals surface area contributed by atoms with Crippen LogP contribution in [0, 0.1) is 15.5 Å². The summed E-state index contributed by atoms with van der Waals surface area (Å²) >= 11 is 0. The van der Waals surface area contributed by atoms with Crippen molar-refractivity contribution >= 4 is 5.69 Å². The fraction of sp³-hybridized carbons (Fsp3) is 0.688. The molecule has 0 atom stereocenters. The molecule has 0 saturated carbocycles. The molecule has 3 rings (SSSR count). The normalized spacial score (nSPS) is 23.4. The summed E-state index contributed by atoms with van der Waals surface area (Å²) in [6, 6.07) is 1.65. The van der Waals surface area contributed by atoms with Gasteiger partial charge in [0.1, 0.15) is 6.20 Å². The van der Waals surface area contributed by atoms with Crippen LogP contribution in [-0.2, 0) is 22.3 Å². The minimum absolute atomic E-state index is 0.0475. The van der Waals surface area contributed by atoms with E-state index >= 15 is 0 Å². The van der Waals surface area contributed by atoms with Gasteiger partial charge in [0.2, 0.25) is 0 Å². The van der Waals surface area contributed by atoms with E-state index in [1.165, 1.54) is 6.20 Å². The summed E-state index contributed by atoms with van der Waals surface area (Å²) in [5.74, 6) is -0.530. The maximum Gasteiger partial charge on any atom is 0.287 e. The van der Waals surface area contributed by atoms with E-state index in [0.717, 1.165) is 36.9 Å². The van der Waals surface area contributed by atoms with E-state index in [0.29, 0.717) is 19.6 Å². The number of nitro groups is 1. The summed E-state index contributed by atoms with van der Waals surface area (Å²) in [6.07, 6.45) is 5.35. The summed E-state index contributed by atoms with van der Waals surface area (Å²) in [5, 5.41) is 10.9. The highest BCUT2D eigenvalue weighted by Gasteiger charge is 2.40. The molecule has 22 heavy (non-hydrogen) atoms. The van der Waals surface area contributed by atoms with Crippen LogP contribution < -0.4 is 0 Å². The highest BCUT2D eigenvalue weighted by molar-refractivity contribution is 5.35. The molecule has 1 aliphatic carbocycles. The van der Waals surface area contributed by atoms with Crippen LogP contribution in [-0.4, -0.2) is 28.9 Å². The fourth-order valence-electron chi connectivity index (χ4n) is 3.07. The molecule has 6 nitrogen and oxygen atoms in total. The van der Waals surface area contributed by atoms with Gasteiger partial charge in [0.15, 0.2) is 5.79 Å². The molecule has 0 aromatic carbocycles. The number of nitrogens with zero attached hydrogens (tertiary/aromatic N) is 2. The zero-order chi connectivity index (χ0) is 15.8. The highest BCUT2D eigenvalue weighted by atomic mass is 16.7. The zero-order valence-corrected chi connectivity index (χ0v) is 13.1. The van der Waals surface area contributed by atoms with Crippen molar-refractivity contribution in [2.75, 3.05) is 13.2 Å². The Hall–Kier alpha value is -1.53. The van der Waals surface area contributed by atoms with Gasteiger partial charge in [0.05, 0.1) is 18.1 Å². The Morgan fingerprint density at radius 2 is 1.95 bits per heavy atom. The Morgan fingerprint density at radius 1 is 1.23 bits per heavy atom. The lowest BCUT2D eigenvalue weighted by atomic mass is 9.89. The number of fused-ring (bicyclic) bond motifs is 1. The monoisotopic (exact) mass is 306 g/mol. The van der Waals surface area contributed by atoms with Gasteiger partial charge in [-0.15, -0.1) is 0 Å². The van der Waals surface area contributed by atoms with E-state index in [-0.39, 0.29) is 11.1 Å². The number of hydrogen-bond donors (Lipinski definition) is 0. The number of aryl methyl sites for hydroxylation is 2. The van der Waals surface area contributed by atoms with Gasteiger partial charge in [-0.3, -0.25) is 15.1 Å². The van der Waals surface area contributed by atoms with Crippen LogP contribution in [0.1, 0.15) is 44.4 Å². The van der Waals surface area contributed by atoms with Crippen LogP contribution in [0.2, 0.25) is 0 Å². The van der Waals surface area contributed by atoms with Crippen molar-refractivity contribution in [2.24, 2.45) is 5.41 Å². The van der Waals surface area contributed by atoms with Gasteiger partial charge >= 0.3 is 0 Å². The Kier molecular flexibility index (Phi) is 3.91. The maximum absolute atomic E-state index is 10.9. The standard InChI is InChI=1S/C16H22N2O4/c1-15(2)10-21-16(22-11-15)6-3-4-14-12(5-7-16)8-13(9-17-14)18(19)20/h8-9H,3-7,10-11H2,1-2H3. The molecule has 1 aliphatic heterocycles. The van der Waals surface area contributed by atoms with E-state index in [2.05, 4.69) is 18.8 Å². The van der Waals surface area contributed by atoms with E-state index < -0.39 is 10.7 Å². The second-order valence-electron chi connectivity index (χ2n) is 7.06. The fourth-order valence-corrected chi connectivity index (χ4v) is 3.07.